The fraction of sp³-hybridized carbons (Fsp3) is 0.125. The summed E-state index contributed by atoms with van der Waals surface area (Å²) in [5.74, 6) is 0.530. The number of nitrogens with one attached hydrogen (secondary N) is 1. The van der Waals surface area contributed by atoms with Gasteiger partial charge in [-0.25, -0.2) is 4.68 Å². The summed E-state index contributed by atoms with van der Waals surface area (Å²) in [5, 5.41) is 7.69. The maximum absolute atomic E-state index is 13.0. The van der Waals surface area contributed by atoms with Gasteiger partial charge in [-0.1, -0.05) is 30.3 Å². The van der Waals surface area contributed by atoms with Crippen LogP contribution < -0.4 is 10.1 Å². The standard InChI is InChI=1S/C24H22N4O2/c1-17-6-3-9-20(12-17)28-23(24(29)26-16-18-7-5-11-25-15-18)14-22(27-28)19-8-4-10-21(13-19)30-2/h3-15H,16H2,1-2H3,(H,26,29). The molecule has 2 aromatic heterocycles. The average molecular weight is 398 g/mol. The molecule has 0 atom stereocenters. The molecule has 4 aromatic rings. The zero-order valence-electron chi connectivity index (χ0n) is 16.9. The van der Waals surface area contributed by atoms with Gasteiger partial charge in [-0.15, -0.1) is 0 Å². The molecule has 0 aliphatic carbocycles. The molecule has 6 heteroatoms. The van der Waals surface area contributed by atoms with Gasteiger partial charge < -0.3 is 10.1 Å². The van der Waals surface area contributed by atoms with Crippen molar-refractivity contribution >= 4 is 5.91 Å². The highest BCUT2D eigenvalue weighted by Gasteiger charge is 2.18. The summed E-state index contributed by atoms with van der Waals surface area (Å²) in [6.07, 6.45) is 3.44. The average Bonchev–Trinajstić information content (AvgIpc) is 3.24. The van der Waals surface area contributed by atoms with Crippen LogP contribution in [0.1, 0.15) is 21.6 Å². The van der Waals surface area contributed by atoms with Crippen LogP contribution in [0.25, 0.3) is 16.9 Å². The number of ether oxygens (including phenoxy) is 1. The molecule has 2 heterocycles. The van der Waals surface area contributed by atoms with Crippen molar-refractivity contribution in [1.29, 1.82) is 0 Å². The Morgan fingerprint density at radius 3 is 2.70 bits per heavy atom. The highest BCUT2D eigenvalue weighted by atomic mass is 16.5. The molecule has 30 heavy (non-hydrogen) atoms. The number of aryl methyl sites for hydroxylation is 1. The summed E-state index contributed by atoms with van der Waals surface area (Å²) < 4.78 is 7.01. The predicted octanol–water partition coefficient (Wildman–Crippen LogP) is 4.18. The normalized spacial score (nSPS) is 10.6. The largest absolute Gasteiger partial charge is 0.497 e. The molecule has 150 valence electrons. The highest BCUT2D eigenvalue weighted by molar-refractivity contribution is 5.94. The molecule has 0 fully saturated rings. The number of hydrogen-bond donors (Lipinski definition) is 1. The lowest BCUT2D eigenvalue weighted by Gasteiger charge is -2.09. The number of carbonyl (C=O) groups is 1. The third-order valence-electron chi connectivity index (χ3n) is 4.73. The minimum Gasteiger partial charge on any atom is -0.497 e. The van der Waals surface area contributed by atoms with Crippen LogP contribution in [-0.4, -0.2) is 27.8 Å². The van der Waals surface area contributed by atoms with Gasteiger partial charge in [0.2, 0.25) is 0 Å². The van der Waals surface area contributed by atoms with E-state index >= 15 is 0 Å². The fourth-order valence-electron chi connectivity index (χ4n) is 3.20. The lowest BCUT2D eigenvalue weighted by molar-refractivity contribution is 0.0943. The van der Waals surface area contributed by atoms with E-state index in [0.29, 0.717) is 17.9 Å². The molecule has 0 aliphatic heterocycles. The topological polar surface area (TPSA) is 69.0 Å². The van der Waals surface area contributed by atoms with Crippen molar-refractivity contribution in [3.8, 4) is 22.7 Å². The molecule has 0 radical (unpaired) electrons. The molecule has 0 saturated carbocycles. The molecule has 1 amide bonds. The second-order valence-corrected chi connectivity index (χ2v) is 6.94. The molecule has 0 unspecified atom stereocenters. The zero-order valence-corrected chi connectivity index (χ0v) is 16.9. The molecule has 2 aromatic carbocycles. The van der Waals surface area contributed by atoms with Crippen LogP contribution in [0.2, 0.25) is 0 Å². The summed E-state index contributed by atoms with van der Waals surface area (Å²) in [6.45, 7) is 2.40. The third-order valence-corrected chi connectivity index (χ3v) is 4.73. The number of rotatable bonds is 6. The summed E-state index contributed by atoms with van der Waals surface area (Å²) >= 11 is 0. The molecule has 0 saturated heterocycles. The van der Waals surface area contributed by atoms with Crippen molar-refractivity contribution in [3.63, 3.8) is 0 Å². The van der Waals surface area contributed by atoms with E-state index in [9.17, 15) is 4.79 Å². The Morgan fingerprint density at radius 2 is 1.93 bits per heavy atom. The van der Waals surface area contributed by atoms with E-state index in [1.165, 1.54) is 0 Å². The molecule has 4 rings (SSSR count). The van der Waals surface area contributed by atoms with Gasteiger partial charge in [0.25, 0.3) is 5.91 Å². The second-order valence-electron chi connectivity index (χ2n) is 6.94. The van der Waals surface area contributed by atoms with E-state index < -0.39 is 0 Å². The van der Waals surface area contributed by atoms with Crippen LogP contribution in [0.15, 0.2) is 79.1 Å². The van der Waals surface area contributed by atoms with Gasteiger partial charge in [-0.05, 0) is 54.4 Å². The summed E-state index contributed by atoms with van der Waals surface area (Å²) in [4.78, 5) is 17.1. The van der Waals surface area contributed by atoms with Crippen LogP contribution >= 0.6 is 0 Å². The number of carbonyl (C=O) groups excluding carboxylic acids is 1. The number of benzene rings is 2. The van der Waals surface area contributed by atoms with E-state index in [4.69, 9.17) is 9.84 Å². The van der Waals surface area contributed by atoms with Crippen LogP contribution in [0.5, 0.6) is 5.75 Å². The third kappa shape index (κ3) is 4.22. The first-order chi connectivity index (χ1) is 14.6. The van der Waals surface area contributed by atoms with Crippen molar-refractivity contribution < 1.29 is 9.53 Å². The molecule has 0 spiro atoms. The van der Waals surface area contributed by atoms with E-state index in [1.807, 2.05) is 67.6 Å². The Labute approximate surface area is 175 Å². The van der Waals surface area contributed by atoms with Crippen molar-refractivity contribution in [2.24, 2.45) is 0 Å². The Balaban J connectivity index is 1.71. The van der Waals surface area contributed by atoms with Crippen molar-refractivity contribution in [2.75, 3.05) is 7.11 Å². The van der Waals surface area contributed by atoms with Gasteiger partial charge in [0.1, 0.15) is 11.4 Å². The zero-order chi connectivity index (χ0) is 20.9. The van der Waals surface area contributed by atoms with E-state index in [1.54, 1.807) is 30.3 Å². The number of pyridine rings is 1. The lowest BCUT2D eigenvalue weighted by Crippen LogP contribution is -2.25. The van der Waals surface area contributed by atoms with Gasteiger partial charge in [0.05, 0.1) is 18.5 Å². The fourth-order valence-corrected chi connectivity index (χ4v) is 3.20. The van der Waals surface area contributed by atoms with Crippen molar-refractivity contribution in [1.82, 2.24) is 20.1 Å². The van der Waals surface area contributed by atoms with Crippen LogP contribution in [0.3, 0.4) is 0 Å². The van der Waals surface area contributed by atoms with E-state index in [0.717, 1.165) is 28.1 Å². The molecule has 0 aliphatic rings. The predicted molar refractivity (Wildman–Crippen MR) is 116 cm³/mol. The summed E-state index contributed by atoms with van der Waals surface area (Å²) in [6, 6.07) is 21.1. The van der Waals surface area contributed by atoms with Crippen LogP contribution in [0.4, 0.5) is 0 Å². The molecular formula is C24H22N4O2. The van der Waals surface area contributed by atoms with Gasteiger partial charge in [-0.2, -0.15) is 5.10 Å². The molecule has 0 bridgehead atoms. The second kappa shape index (κ2) is 8.61. The van der Waals surface area contributed by atoms with Gasteiger partial charge in [0, 0.05) is 24.5 Å². The first-order valence-corrected chi connectivity index (χ1v) is 9.62. The van der Waals surface area contributed by atoms with E-state index in [2.05, 4.69) is 10.3 Å². The van der Waals surface area contributed by atoms with Crippen LogP contribution in [-0.2, 0) is 6.54 Å². The smallest absolute Gasteiger partial charge is 0.270 e. The number of aromatic nitrogens is 3. The minimum absolute atomic E-state index is 0.206. The van der Waals surface area contributed by atoms with Gasteiger partial charge in [0.15, 0.2) is 0 Å². The number of hydrogen-bond acceptors (Lipinski definition) is 4. The highest BCUT2D eigenvalue weighted by Crippen LogP contribution is 2.25. The Hall–Kier alpha value is -3.93. The quantitative estimate of drug-likeness (QED) is 0.529. The molecule has 1 N–H and O–H groups in total. The maximum atomic E-state index is 13.0. The number of nitrogens with zero attached hydrogens (tertiary/aromatic N) is 3. The monoisotopic (exact) mass is 398 g/mol. The Kier molecular flexibility index (Phi) is 5.57. The van der Waals surface area contributed by atoms with E-state index in [-0.39, 0.29) is 5.91 Å². The first kappa shape index (κ1) is 19.4. The van der Waals surface area contributed by atoms with Crippen molar-refractivity contribution in [2.45, 2.75) is 13.5 Å². The lowest BCUT2D eigenvalue weighted by atomic mass is 10.1. The number of amides is 1. The van der Waals surface area contributed by atoms with Crippen LogP contribution in [0, 0.1) is 6.92 Å². The van der Waals surface area contributed by atoms with Gasteiger partial charge >= 0.3 is 0 Å². The Morgan fingerprint density at radius 1 is 1.07 bits per heavy atom. The Bertz CT molecular complexity index is 1170. The SMILES string of the molecule is COc1cccc(-c2cc(C(=O)NCc3cccnc3)n(-c3cccc(C)c3)n2)c1. The maximum Gasteiger partial charge on any atom is 0.270 e. The molecular weight excluding hydrogens is 376 g/mol. The first-order valence-electron chi connectivity index (χ1n) is 9.62. The van der Waals surface area contributed by atoms with Gasteiger partial charge in [-0.3, -0.25) is 9.78 Å². The number of methoxy groups -OCH3 is 1. The van der Waals surface area contributed by atoms with Crippen molar-refractivity contribution in [3.05, 3.63) is 95.9 Å². The summed E-state index contributed by atoms with van der Waals surface area (Å²) in [7, 11) is 1.63. The minimum atomic E-state index is -0.206. The molecule has 6 nitrogen and oxygen atoms in total. The summed E-state index contributed by atoms with van der Waals surface area (Å²) in [5.41, 5.74) is 4.88.